The van der Waals surface area contributed by atoms with Crippen LogP contribution in [0, 0.1) is 0 Å². The molecule has 82 heavy (non-hydrogen) atoms. The van der Waals surface area contributed by atoms with Gasteiger partial charge in [0.1, 0.15) is 52.0 Å². The topological polar surface area (TPSA) is 241 Å². The van der Waals surface area contributed by atoms with E-state index in [-0.39, 0.29) is 42.3 Å². The van der Waals surface area contributed by atoms with Crippen LogP contribution in [-0.4, -0.2) is 171 Å². The number of ether oxygens (including phenoxy) is 3. The average Bonchev–Trinajstić information content (AvgIpc) is 4.37. The Kier molecular flexibility index (Phi) is 17.7. The number of nitrogens with zero attached hydrogens (tertiary/aromatic N) is 11. The Morgan fingerprint density at radius 1 is 0.707 bits per heavy atom. The van der Waals surface area contributed by atoms with E-state index in [2.05, 4.69) is 54.8 Å². The molecular weight excluding hydrogens is 1080 g/mol. The highest BCUT2D eigenvalue weighted by Gasteiger charge is 2.28. The molecule has 2 aliphatic heterocycles. The summed E-state index contributed by atoms with van der Waals surface area (Å²) in [7, 11) is -1.28. The van der Waals surface area contributed by atoms with E-state index >= 15 is 0 Å². The first kappa shape index (κ1) is 59.5. The molecule has 8 heterocycles. The van der Waals surface area contributed by atoms with Crippen LogP contribution >= 0.6 is 0 Å². The smallest absolute Gasteiger partial charge is 0.387 e. The molecule has 6 aromatic heterocycles. The number of aliphatic hydroxyl groups is 2. The molecule has 10 rings (SSSR count). The summed E-state index contributed by atoms with van der Waals surface area (Å²) in [6.07, 6.45) is 7.43. The van der Waals surface area contributed by atoms with Gasteiger partial charge < -0.3 is 44.6 Å². The van der Waals surface area contributed by atoms with E-state index in [4.69, 9.17) is 34.6 Å². The number of halogens is 4. The Morgan fingerprint density at radius 3 is 1.67 bits per heavy atom. The monoisotopic (exact) mass is 1160 g/mol. The van der Waals surface area contributed by atoms with Crippen molar-refractivity contribution < 1.29 is 51.6 Å². The molecule has 0 atom stereocenters. The van der Waals surface area contributed by atoms with Crippen molar-refractivity contribution in [2.24, 2.45) is 0 Å². The summed E-state index contributed by atoms with van der Waals surface area (Å²) in [5.74, 6) is -0.559. The number of aryl methyl sites for hydroxylation is 2. The van der Waals surface area contributed by atoms with E-state index in [1.807, 2.05) is 50.9 Å². The quantitative estimate of drug-likeness (QED) is 0.0259. The third-order valence-electron chi connectivity index (χ3n) is 13.6. The number of fused-ring (bicyclic) bond motifs is 4. The highest BCUT2D eigenvalue weighted by atomic mass is 28.3. The largest absolute Gasteiger partial charge is 0.435 e. The third kappa shape index (κ3) is 14.7. The first-order valence-corrected chi connectivity index (χ1v) is 31.1. The van der Waals surface area contributed by atoms with E-state index in [0.717, 1.165) is 43.0 Å². The number of hydrogen-bond acceptors (Lipinski definition) is 15. The van der Waals surface area contributed by atoms with Crippen LogP contribution in [0.15, 0.2) is 61.2 Å². The van der Waals surface area contributed by atoms with Crippen LogP contribution < -0.4 is 20.1 Å². The summed E-state index contributed by atoms with van der Waals surface area (Å²) in [5.41, 5.74) is 4.68. The maximum atomic E-state index is 13.4. The third-order valence-corrected chi connectivity index (χ3v) is 15.3. The number of alkyl halides is 4. The van der Waals surface area contributed by atoms with Crippen molar-refractivity contribution in [3.05, 3.63) is 72.3 Å². The number of hydrogen-bond donors (Lipinski definition) is 5. The summed E-state index contributed by atoms with van der Waals surface area (Å²) < 4.78 is 72.7. The Hall–Kier alpha value is -7.10. The second-order valence-corrected chi connectivity index (χ2v) is 29.8. The summed E-state index contributed by atoms with van der Waals surface area (Å²) in [6.45, 7) is 18.5. The van der Waals surface area contributed by atoms with Gasteiger partial charge in [-0.2, -0.15) is 27.8 Å². The first-order valence-electron chi connectivity index (χ1n) is 27.4. The highest BCUT2D eigenvalue weighted by Crippen LogP contribution is 2.34. The predicted molar refractivity (Wildman–Crippen MR) is 305 cm³/mol. The molecule has 2 saturated heterocycles. The van der Waals surface area contributed by atoms with Crippen LogP contribution in [0.2, 0.25) is 25.7 Å². The van der Waals surface area contributed by atoms with Gasteiger partial charge in [0.15, 0.2) is 11.3 Å². The van der Waals surface area contributed by atoms with Crippen LogP contribution in [0.25, 0.3) is 66.9 Å². The number of rotatable bonds is 21. The van der Waals surface area contributed by atoms with E-state index in [9.17, 15) is 37.4 Å². The fourth-order valence-electron chi connectivity index (χ4n) is 9.69. The first-order chi connectivity index (χ1) is 38.7. The zero-order valence-corrected chi connectivity index (χ0v) is 48.6. The number of aliphatic hydroxyl groups excluding tert-OH is 2. The van der Waals surface area contributed by atoms with Crippen LogP contribution in [0.5, 0.6) is 11.5 Å². The van der Waals surface area contributed by atoms with Gasteiger partial charge in [0, 0.05) is 101 Å². The van der Waals surface area contributed by atoms with Gasteiger partial charge >= 0.3 is 13.2 Å². The highest BCUT2D eigenvalue weighted by molar-refractivity contribution is 6.76. The molecule has 5 N–H and O–H groups in total. The minimum absolute atomic E-state index is 0.00812. The van der Waals surface area contributed by atoms with Crippen molar-refractivity contribution in [2.75, 3.05) is 45.9 Å². The van der Waals surface area contributed by atoms with Gasteiger partial charge in [-0.15, -0.1) is 0 Å². The molecule has 0 unspecified atom stereocenters. The molecule has 8 aromatic rings. The van der Waals surface area contributed by atoms with Crippen molar-refractivity contribution in [1.29, 1.82) is 0 Å². The van der Waals surface area contributed by atoms with E-state index in [0.29, 0.717) is 113 Å². The Labute approximate surface area is 472 Å². The van der Waals surface area contributed by atoms with E-state index in [1.165, 1.54) is 24.3 Å². The van der Waals surface area contributed by atoms with Crippen molar-refractivity contribution in [1.82, 2.24) is 69.5 Å². The number of nitrogens with one attached hydrogen (secondary N) is 3. The maximum absolute atomic E-state index is 13.4. The van der Waals surface area contributed by atoms with Gasteiger partial charge in [0.2, 0.25) is 0 Å². The maximum Gasteiger partial charge on any atom is 0.387 e. The van der Waals surface area contributed by atoms with Crippen LogP contribution in [0.4, 0.5) is 17.6 Å². The van der Waals surface area contributed by atoms with Crippen LogP contribution in [0.3, 0.4) is 0 Å². The molecular formula is C56H72F4N14O7Si. The SMILES string of the molecule is CC(C)(C)NC(=O)c1c[nH]c2ncc(-c3nn(CCCN4CC(O)C4)c4ccc(OC(F)F)cc34)nc12.CC(C)(C)NC(=O)c1cn(COCC[Si](C)(C)C)c2ncc(-c3nn(CCCN4CC(O)C4)c4ccc(OC(F)F)cc34)nc12. The van der Waals surface area contributed by atoms with Crippen LogP contribution in [0.1, 0.15) is 75.1 Å². The molecule has 2 fully saturated rings. The summed E-state index contributed by atoms with van der Waals surface area (Å²) in [6, 6.07) is 10.4. The van der Waals surface area contributed by atoms with Crippen molar-refractivity contribution in [3.8, 4) is 34.3 Å². The van der Waals surface area contributed by atoms with Crippen LogP contribution in [-0.2, 0) is 24.6 Å². The number of carbonyl (C=O) groups is 2. The lowest BCUT2D eigenvalue weighted by molar-refractivity contribution is -0.0504. The van der Waals surface area contributed by atoms with Gasteiger partial charge in [0.25, 0.3) is 11.8 Å². The lowest BCUT2D eigenvalue weighted by Crippen LogP contribution is -2.50. The molecule has 0 bridgehead atoms. The van der Waals surface area contributed by atoms with E-state index < -0.39 is 32.4 Å². The standard InChI is InChI=1S/C31H43F2N7O4Si.C25H29F2N7O3/c1-31(2,3)36-29(42)23-18-39(19-43-12-13-45(4,5)6)28-27(23)35-24(15-34-28)26-22-14-21(44-30(32)33)8-9-25(22)40(37-26)11-7-10-38-16-20(41)17-38;1-25(2,3)31-23(36)17-10-28-22-21(17)30-18(11-29-22)20-16-9-15(37-24(26)27)5-6-19(16)34(32-20)8-4-7-33-12-14(35)13-33/h8-9,14-15,18,20,30,41H,7,10-13,16-17,19H2,1-6H3,(H,36,42);5-6,9-11,14,24,35H,4,7-8,12-13H2,1-3H3,(H,28,29)(H,31,36). The summed E-state index contributed by atoms with van der Waals surface area (Å²) >= 11 is 0. The molecule has 0 spiro atoms. The van der Waals surface area contributed by atoms with Crippen molar-refractivity contribution >= 4 is 64.0 Å². The Balaban J connectivity index is 0.000000201. The van der Waals surface area contributed by atoms with Gasteiger partial charge in [-0.25, -0.2) is 19.9 Å². The lowest BCUT2D eigenvalue weighted by Gasteiger charge is -2.35. The second kappa shape index (κ2) is 24.4. The minimum atomic E-state index is -2.97. The van der Waals surface area contributed by atoms with Gasteiger partial charge in [-0.05, 0) is 96.8 Å². The lowest BCUT2D eigenvalue weighted by atomic mass is 10.1. The van der Waals surface area contributed by atoms with Crippen molar-refractivity contribution in [3.63, 3.8) is 0 Å². The van der Waals surface area contributed by atoms with Crippen molar-refractivity contribution in [2.45, 2.75) is 136 Å². The predicted octanol–water partition coefficient (Wildman–Crippen LogP) is 8.13. The normalized spacial score (nSPS) is 14.9. The number of β-amino-alcohol motifs (C(OH)–C–C–N with tert-alkyl or cyclic N) is 2. The number of benzene rings is 2. The molecule has 2 aliphatic rings. The number of aromatic amines is 1. The Morgan fingerprint density at radius 2 is 1.20 bits per heavy atom. The molecule has 2 aromatic carbocycles. The fourth-order valence-corrected chi connectivity index (χ4v) is 10.4. The van der Waals surface area contributed by atoms with Gasteiger partial charge in [-0.3, -0.25) is 28.8 Å². The number of amides is 2. The molecule has 440 valence electrons. The Bertz CT molecular complexity index is 3560. The fraction of sp³-hybridized carbons (Fsp3) is 0.500. The molecule has 0 saturated carbocycles. The molecule has 0 aliphatic carbocycles. The molecule has 0 radical (unpaired) electrons. The van der Waals surface area contributed by atoms with Gasteiger partial charge in [-0.1, -0.05) is 19.6 Å². The molecule has 2 amide bonds. The number of likely N-dealkylation sites (tertiary alicyclic amines) is 2. The molecule has 21 nitrogen and oxygen atoms in total. The molecule has 26 heteroatoms. The minimum Gasteiger partial charge on any atom is -0.435 e. The zero-order chi connectivity index (χ0) is 58.8. The summed E-state index contributed by atoms with van der Waals surface area (Å²) in [4.78, 5) is 52.3. The number of carbonyl (C=O) groups excluding carboxylic acids is 2. The number of aromatic nitrogens is 10. The van der Waals surface area contributed by atoms with Gasteiger partial charge in [0.05, 0.1) is 46.8 Å². The van der Waals surface area contributed by atoms with E-state index in [1.54, 1.807) is 41.5 Å². The zero-order valence-electron chi connectivity index (χ0n) is 47.6. The average molecular weight is 1160 g/mol. The second-order valence-electron chi connectivity index (χ2n) is 24.1. The number of H-pyrrole nitrogens is 1. The summed E-state index contributed by atoms with van der Waals surface area (Å²) in [5, 5.41) is 35.8.